The molecule has 0 spiro atoms. The first kappa shape index (κ1) is 34.6. The highest BCUT2D eigenvalue weighted by Crippen LogP contribution is 2.29. The third-order valence-corrected chi connectivity index (χ3v) is 10.0. The van der Waals surface area contributed by atoms with Crippen LogP contribution in [0.1, 0.15) is 56.1 Å². The minimum absolute atomic E-state index is 0.0000579. The molecular formula is C34H41Cl2N3O5S. The number of hydrogen-bond acceptors (Lipinski definition) is 5. The van der Waals surface area contributed by atoms with E-state index in [0.29, 0.717) is 33.5 Å². The summed E-state index contributed by atoms with van der Waals surface area (Å²) in [7, 11) is -2.14. The number of nitrogens with one attached hydrogen (secondary N) is 1. The van der Waals surface area contributed by atoms with Gasteiger partial charge in [0.1, 0.15) is 11.8 Å². The van der Waals surface area contributed by atoms with E-state index in [1.165, 1.54) is 11.4 Å². The second-order valence-corrected chi connectivity index (χ2v) is 14.1. The Kier molecular flexibility index (Phi) is 12.6. The molecule has 8 nitrogen and oxygen atoms in total. The van der Waals surface area contributed by atoms with Gasteiger partial charge in [-0.2, -0.15) is 0 Å². The number of sulfonamides is 1. The van der Waals surface area contributed by atoms with Gasteiger partial charge in [-0.3, -0.25) is 13.9 Å². The zero-order valence-corrected chi connectivity index (χ0v) is 28.1. The number of carbonyl (C=O) groups excluding carboxylic acids is 2. The number of rotatable bonds is 14. The lowest BCUT2D eigenvalue weighted by Crippen LogP contribution is -2.53. The van der Waals surface area contributed by atoms with Crippen LogP contribution in [0, 0.1) is 0 Å². The number of ether oxygens (including phenoxy) is 1. The van der Waals surface area contributed by atoms with Crippen LogP contribution in [-0.2, 0) is 32.6 Å². The van der Waals surface area contributed by atoms with Crippen molar-refractivity contribution in [3.8, 4) is 5.75 Å². The Morgan fingerprint density at radius 3 is 2.27 bits per heavy atom. The highest BCUT2D eigenvalue weighted by atomic mass is 35.5. The minimum atomic E-state index is -3.65. The van der Waals surface area contributed by atoms with E-state index in [9.17, 15) is 18.0 Å². The van der Waals surface area contributed by atoms with Crippen LogP contribution < -0.4 is 14.4 Å². The maximum absolute atomic E-state index is 14.1. The molecule has 0 aromatic heterocycles. The molecule has 0 radical (unpaired) electrons. The molecule has 1 aliphatic carbocycles. The van der Waals surface area contributed by atoms with Crippen LogP contribution in [0.15, 0.2) is 72.8 Å². The molecule has 3 aromatic rings. The molecule has 242 valence electrons. The average molecular weight is 675 g/mol. The lowest BCUT2D eigenvalue weighted by Gasteiger charge is -2.34. The van der Waals surface area contributed by atoms with Crippen LogP contribution in [0.2, 0.25) is 10.0 Å². The maximum atomic E-state index is 14.1. The third kappa shape index (κ3) is 9.86. The van der Waals surface area contributed by atoms with E-state index in [-0.39, 0.29) is 43.8 Å². The molecule has 0 heterocycles. The quantitative estimate of drug-likeness (QED) is 0.207. The second-order valence-electron chi connectivity index (χ2n) is 11.4. The lowest BCUT2D eigenvalue weighted by atomic mass is 9.94. The number of amides is 2. The predicted octanol–water partition coefficient (Wildman–Crippen LogP) is 6.64. The van der Waals surface area contributed by atoms with Crippen molar-refractivity contribution in [2.75, 3.05) is 24.2 Å². The van der Waals surface area contributed by atoms with E-state index in [4.69, 9.17) is 27.9 Å². The number of halogens is 2. The Balaban J connectivity index is 1.62. The molecule has 0 aliphatic heterocycles. The summed E-state index contributed by atoms with van der Waals surface area (Å²) >= 11 is 13.1. The highest BCUT2D eigenvalue weighted by molar-refractivity contribution is 7.92. The van der Waals surface area contributed by atoms with E-state index >= 15 is 0 Å². The van der Waals surface area contributed by atoms with Gasteiger partial charge in [-0.15, -0.1) is 0 Å². The van der Waals surface area contributed by atoms with Gasteiger partial charge in [0.15, 0.2) is 0 Å². The number of hydrogen-bond donors (Lipinski definition) is 1. The van der Waals surface area contributed by atoms with Gasteiger partial charge in [0.05, 0.1) is 19.1 Å². The van der Waals surface area contributed by atoms with E-state index in [1.54, 1.807) is 47.4 Å². The van der Waals surface area contributed by atoms with Crippen LogP contribution in [0.3, 0.4) is 0 Å². The normalized spacial score (nSPS) is 14.4. The van der Waals surface area contributed by atoms with Crippen molar-refractivity contribution >= 4 is 50.7 Å². The summed E-state index contributed by atoms with van der Waals surface area (Å²) in [6.45, 7) is 0.0919. The molecule has 0 unspecified atom stereocenters. The van der Waals surface area contributed by atoms with Crippen molar-refractivity contribution in [1.29, 1.82) is 0 Å². The fraction of sp³-hybridized carbons (Fsp3) is 0.412. The van der Waals surface area contributed by atoms with Crippen LogP contribution in [0.25, 0.3) is 0 Å². The number of nitrogens with zero attached hydrogens (tertiary/aromatic N) is 2. The van der Waals surface area contributed by atoms with Gasteiger partial charge in [-0.25, -0.2) is 8.42 Å². The van der Waals surface area contributed by atoms with Crippen molar-refractivity contribution < 1.29 is 22.7 Å². The van der Waals surface area contributed by atoms with Gasteiger partial charge in [0.25, 0.3) is 0 Å². The maximum Gasteiger partial charge on any atom is 0.243 e. The number of anilines is 1. The molecule has 11 heteroatoms. The number of carbonyl (C=O) groups is 2. The summed E-state index contributed by atoms with van der Waals surface area (Å²) in [6, 6.07) is 20.7. The summed E-state index contributed by atoms with van der Waals surface area (Å²) in [5, 5.41) is 4.01. The van der Waals surface area contributed by atoms with E-state index in [0.717, 1.165) is 43.9 Å². The summed E-state index contributed by atoms with van der Waals surface area (Å²) in [5.74, 6) is -0.00557. The van der Waals surface area contributed by atoms with E-state index in [1.807, 2.05) is 30.3 Å². The van der Waals surface area contributed by atoms with Crippen molar-refractivity contribution in [3.05, 3.63) is 94.0 Å². The topological polar surface area (TPSA) is 96.0 Å². The Bertz CT molecular complexity index is 1530. The second kappa shape index (κ2) is 16.3. The van der Waals surface area contributed by atoms with Crippen LogP contribution >= 0.6 is 23.2 Å². The lowest BCUT2D eigenvalue weighted by molar-refractivity contribution is -0.141. The van der Waals surface area contributed by atoms with Crippen LogP contribution in [0.5, 0.6) is 5.75 Å². The summed E-state index contributed by atoms with van der Waals surface area (Å²) < 4.78 is 32.0. The largest absolute Gasteiger partial charge is 0.497 e. The first-order chi connectivity index (χ1) is 21.6. The number of methoxy groups -OCH3 is 1. The van der Waals surface area contributed by atoms with E-state index < -0.39 is 16.1 Å². The molecule has 1 atom stereocenters. The zero-order valence-electron chi connectivity index (χ0n) is 25.8. The minimum Gasteiger partial charge on any atom is -0.497 e. The summed E-state index contributed by atoms with van der Waals surface area (Å²) in [6.07, 6.45) is 6.71. The standard InChI is InChI=1S/C34H41Cl2N3O5S/c1-44-28-17-9-16-27(23-28)39(45(2,42)43)21-11-20-33(40)38(24-29-30(35)18-10-19-31(29)36)32(22-25-12-5-3-6-13-25)34(41)37-26-14-7-4-8-15-26/h3,5-6,9-10,12-13,16-19,23,26,32H,4,7-8,11,14-15,20-22,24H2,1-2H3,(H,37,41)/t32-/m1/s1. The van der Waals surface area contributed by atoms with Gasteiger partial charge >= 0.3 is 0 Å². The van der Waals surface area contributed by atoms with Gasteiger partial charge in [-0.1, -0.05) is 84.9 Å². The summed E-state index contributed by atoms with van der Waals surface area (Å²) in [5.41, 5.74) is 1.90. The molecule has 0 bridgehead atoms. The smallest absolute Gasteiger partial charge is 0.243 e. The van der Waals surface area contributed by atoms with Crippen molar-refractivity contribution in [3.63, 3.8) is 0 Å². The van der Waals surface area contributed by atoms with Gasteiger partial charge in [0, 0.05) is 53.6 Å². The van der Waals surface area contributed by atoms with Gasteiger partial charge in [0.2, 0.25) is 21.8 Å². The molecule has 1 fully saturated rings. The van der Waals surface area contributed by atoms with Crippen molar-refractivity contribution in [1.82, 2.24) is 10.2 Å². The first-order valence-electron chi connectivity index (χ1n) is 15.2. The average Bonchev–Trinajstić information content (AvgIpc) is 3.02. The number of benzene rings is 3. The van der Waals surface area contributed by atoms with E-state index in [2.05, 4.69) is 5.32 Å². The monoisotopic (exact) mass is 673 g/mol. The van der Waals surface area contributed by atoms with Crippen LogP contribution in [0.4, 0.5) is 5.69 Å². The molecule has 2 amide bonds. The fourth-order valence-corrected chi connectivity index (χ4v) is 7.20. The predicted molar refractivity (Wildman–Crippen MR) is 180 cm³/mol. The molecule has 45 heavy (non-hydrogen) atoms. The molecule has 1 aliphatic rings. The summed E-state index contributed by atoms with van der Waals surface area (Å²) in [4.78, 5) is 29.7. The zero-order chi connectivity index (χ0) is 32.4. The van der Waals surface area contributed by atoms with Gasteiger partial charge < -0.3 is 15.0 Å². The Morgan fingerprint density at radius 2 is 1.62 bits per heavy atom. The molecule has 1 N–H and O–H groups in total. The van der Waals surface area contributed by atoms with Crippen molar-refractivity contribution in [2.45, 2.75) is 70.0 Å². The molecular weight excluding hydrogens is 633 g/mol. The molecule has 1 saturated carbocycles. The van der Waals surface area contributed by atoms with Crippen LogP contribution in [-0.4, -0.2) is 57.1 Å². The molecule has 4 rings (SSSR count). The third-order valence-electron chi connectivity index (χ3n) is 8.11. The van der Waals surface area contributed by atoms with Gasteiger partial charge in [-0.05, 0) is 49.1 Å². The van der Waals surface area contributed by atoms with Crippen molar-refractivity contribution in [2.24, 2.45) is 0 Å². The Labute approximate surface area is 276 Å². The Hall–Kier alpha value is -3.27. The highest BCUT2D eigenvalue weighted by Gasteiger charge is 2.33. The fourth-order valence-electron chi connectivity index (χ4n) is 5.72. The first-order valence-corrected chi connectivity index (χ1v) is 17.9. The molecule has 3 aromatic carbocycles. The Morgan fingerprint density at radius 1 is 0.956 bits per heavy atom. The molecule has 0 saturated heterocycles. The SMILES string of the molecule is COc1cccc(N(CCCC(=O)N(Cc2c(Cl)cccc2Cl)[C@H](Cc2ccccc2)C(=O)NC2CCCCC2)S(C)(=O)=O)c1.